The number of carbonyl (C=O) groups is 1. The fourth-order valence-electron chi connectivity index (χ4n) is 2.65. The largest absolute Gasteiger partial charge is 0.481 e. The topological polar surface area (TPSA) is 62.1 Å². The second-order valence-electron chi connectivity index (χ2n) is 7.08. The number of nitrogens with zero attached hydrogens (tertiary/aromatic N) is 1. The summed E-state index contributed by atoms with van der Waals surface area (Å²) in [5.74, 6) is 0.416. The van der Waals surface area contributed by atoms with E-state index in [0.29, 0.717) is 18.9 Å². The van der Waals surface area contributed by atoms with E-state index in [-0.39, 0.29) is 17.6 Å². The summed E-state index contributed by atoms with van der Waals surface area (Å²) >= 11 is 0. The Morgan fingerprint density at radius 1 is 1.38 bits per heavy atom. The minimum absolute atomic E-state index is 0.0701. The van der Waals surface area contributed by atoms with Crippen LogP contribution in [-0.2, 0) is 11.0 Å². The van der Waals surface area contributed by atoms with Gasteiger partial charge in [-0.2, -0.15) is 18.4 Å². The van der Waals surface area contributed by atoms with Crippen molar-refractivity contribution in [2.24, 2.45) is 11.8 Å². The summed E-state index contributed by atoms with van der Waals surface area (Å²) < 4.78 is 44.8. The molecule has 1 unspecified atom stereocenters. The van der Waals surface area contributed by atoms with Gasteiger partial charge in [-0.3, -0.25) is 4.79 Å². The van der Waals surface area contributed by atoms with Crippen LogP contribution < -0.4 is 10.1 Å². The molecule has 1 aromatic carbocycles. The fraction of sp³-hybridized carbons (Fsp3) is 0.579. The van der Waals surface area contributed by atoms with Gasteiger partial charge >= 0.3 is 6.18 Å². The van der Waals surface area contributed by atoms with E-state index in [1.165, 1.54) is 25.0 Å². The first-order valence-electron chi connectivity index (χ1n) is 8.76. The molecule has 1 aliphatic carbocycles. The molecule has 0 bridgehead atoms. The zero-order valence-corrected chi connectivity index (χ0v) is 14.9. The molecule has 26 heavy (non-hydrogen) atoms. The summed E-state index contributed by atoms with van der Waals surface area (Å²) in [5.41, 5.74) is -1.53. The van der Waals surface area contributed by atoms with Gasteiger partial charge in [0.15, 0.2) is 6.10 Å². The van der Waals surface area contributed by atoms with Crippen molar-refractivity contribution in [3.8, 4) is 11.8 Å². The van der Waals surface area contributed by atoms with Crippen LogP contribution in [-0.4, -0.2) is 18.6 Å². The third-order valence-electron chi connectivity index (χ3n) is 4.22. The second-order valence-corrected chi connectivity index (χ2v) is 7.08. The van der Waals surface area contributed by atoms with Gasteiger partial charge in [-0.15, -0.1) is 0 Å². The van der Waals surface area contributed by atoms with Crippen LogP contribution >= 0.6 is 0 Å². The molecule has 2 rings (SSSR count). The average molecular weight is 368 g/mol. The Bertz CT molecular complexity index is 676. The Kier molecular flexibility index (Phi) is 6.52. The van der Waals surface area contributed by atoms with Gasteiger partial charge in [0.05, 0.1) is 17.2 Å². The molecule has 1 atom stereocenters. The maximum Gasteiger partial charge on any atom is 0.417 e. The highest BCUT2D eigenvalue weighted by Crippen LogP contribution is 2.34. The first kappa shape index (κ1) is 20.1. The molecule has 142 valence electrons. The van der Waals surface area contributed by atoms with E-state index in [4.69, 9.17) is 10.00 Å². The number of alkyl halides is 3. The zero-order chi connectivity index (χ0) is 19.3. The Hall–Kier alpha value is -2.23. The van der Waals surface area contributed by atoms with Crippen molar-refractivity contribution < 1.29 is 22.7 Å². The molecule has 1 fully saturated rings. The SMILES string of the molecule is CC(C)CC(Oc1ccc(C#N)c(C(F)(F)F)c1)C(=O)NCCC1CC1. The van der Waals surface area contributed by atoms with Crippen molar-refractivity contribution in [2.45, 2.75) is 51.8 Å². The molecule has 1 aromatic rings. The predicted octanol–water partition coefficient (Wildman–Crippen LogP) is 4.29. The van der Waals surface area contributed by atoms with Crippen LogP contribution in [0.1, 0.15) is 50.7 Å². The molecule has 1 N–H and O–H groups in total. The van der Waals surface area contributed by atoms with Gasteiger partial charge in [0, 0.05) is 6.54 Å². The van der Waals surface area contributed by atoms with E-state index in [2.05, 4.69) is 5.32 Å². The number of nitrogens with one attached hydrogen (secondary N) is 1. The first-order chi connectivity index (χ1) is 12.2. The van der Waals surface area contributed by atoms with E-state index in [0.717, 1.165) is 18.6 Å². The van der Waals surface area contributed by atoms with Crippen molar-refractivity contribution in [2.75, 3.05) is 6.54 Å². The summed E-state index contributed by atoms with van der Waals surface area (Å²) in [6.45, 7) is 4.37. The van der Waals surface area contributed by atoms with Crippen LogP contribution in [0.25, 0.3) is 0 Å². The van der Waals surface area contributed by atoms with Gasteiger partial charge in [0.2, 0.25) is 0 Å². The predicted molar refractivity (Wildman–Crippen MR) is 90.4 cm³/mol. The molecular formula is C19H23F3N2O2. The molecule has 0 radical (unpaired) electrons. The average Bonchev–Trinajstić information content (AvgIpc) is 3.37. The minimum atomic E-state index is -4.66. The van der Waals surface area contributed by atoms with Gasteiger partial charge in [-0.1, -0.05) is 26.7 Å². The van der Waals surface area contributed by atoms with E-state index in [9.17, 15) is 18.0 Å². The summed E-state index contributed by atoms with van der Waals surface area (Å²) in [4.78, 5) is 12.4. The van der Waals surface area contributed by atoms with Crippen molar-refractivity contribution in [1.82, 2.24) is 5.32 Å². The zero-order valence-electron chi connectivity index (χ0n) is 14.9. The van der Waals surface area contributed by atoms with Gasteiger partial charge in [-0.25, -0.2) is 0 Å². The van der Waals surface area contributed by atoms with Crippen molar-refractivity contribution in [1.29, 1.82) is 5.26 Å². The lowest BCUT2D eigenvalue weighted by molar-refractivity contribution is -0.137. The van der Waals surface area contributed by atoms with E-state index < -0.39 is 23.4 Å². The number of ether oxygens (including phenoxy) is 1. The Balaban J connectivity index is 2.11. The summed E-state index contributed by atoms with van der Waals surface area (Å²) in [6.07, 6.45) is -1.86. The lowest BCUT2D eigenvalue weighted by Crippen LogP contribution is -2.39. The normalized spacial score (nSPS) is 15.4. The Morgan fingerprint density at radius 3 is 2.62 bits per heavy atom. The number of halogens is 3. The summed E-state index contributed by atoms with van der Waals surface area (Å²) in [6, 6.07) is 4.66. The highest BCUT2D eigenvalue weighted by atomic mass is 19.4. The maximum absolute atomic E-state index is 13.1. The maximum atomic E-state index is 13.1. The van der Waals surface area contributed by atoms with Crippen LogP contribution in [0.15, 0.2) is 18.2 Å². The fourth-order valence-corrected chi connectivity index (χ4v) is 2.65. The van der Waals surface area contributed by atoms with Crippen LogP contribution in [0.2, 0.25) is 0 Å². The van der Waals surface area contributed by atoms with Crippen molar-refractivity contribution >= 4 is 5.91 Å². The smallest absolute Gasteiger partial charge is 0.417 e. The molecule has 0 aliphatic heterocycles. The van der Waals surface area contributed by atoms with Gasteiger partial charge in [0.25, 0.3) is 5.91 Å². The third-order valence-corrected chi connectivity index (χ3v) is 4.22. The lowest BCUT2D eigenvalue weighted by Gasteiger charge is -2.21. The van der Waals surface area contributed by atoms with Crippen molar-refractivity contribution in [3.05, 3.63) is 29.3 Å². The molecule has 1 amide bonds. The molecule has 0 spiro atoms. The summed E-state index contributed by atoms with van der Waals surface area (Å²) in [7, 11) is 0. The monoisotopic (exact) mass is 368 g/mol. The quantitative estimate of drug-likeness (QED) is 0.745. The molecule has 1 aliphatic rings. The second kappa shape index (κ2) is 8.43. The van der Waals surface area contributed by atoms with Crippen LogP contribution in [0.3, 0.4) is 0 Å². The van der Waals surface area contributed by atoms with E-state index in [1.807, 2.05) is 13.8 Å². The molecular weight excluding hydrogens is 345 g/mol. The van der Waals surface area contributed by atoms with Crippen LogP contribution in [0.4, 0.5) is 13.2 Å². The number of rotatable bonds is 8. The number of benzene rings is 1. The number of hydrogen-bond acceptors (Lipinski definition) is 3. The summed E-state index contributed by atoms with van der Waals surface area (Å²) in [5, 5.41) is 11.7. The number of amides is 1. The minimum Gasteiger partial charge on any atom is -0.481 e. The molecule has 0 saturated heterocycles. The number of carbonyl (C=O) groups excluding carboxylic acids is 1. The number of hydrogen-bond donors (Lipinski definition) is 1. The molecule has 4 nitrogen and oxygen atoms in total. The van der Waals surface area contributed by atoms with Crippen LogP contribution in [0, 0.1) is 23.2 Å². The molecule has 0 heterocycles. The van der Waals surface area contributed by atoms with Crippen LogP contribution in [0.5, 0.6) is 5.75 Å². The van der Waals surface area contributed by atoms with Crippen molar-refractivity contribution in [3.63, 3.8) is 0 Å². The van der Waals surface area contributed by atoms with Gasteiger partial charge in [-0.05, 0) is 42.9 Å². The third kappa shape index (κ3) is 5.94. The molecule has 7 heteroatoms. The lowest BCUT2D eigenvalue weighted by atomic mass is 10.0. The standard InChI is InChI=1S/C19H23F3N2O2/c1-12(2)9-17(18(25)24-8-7-13-3-4-13)26-15-6-5-14(11-23)16(10-15)19(20,21)22/h5-6,10,12-13,17H,3-4,7-9H2,1-2H3,(H,24,25). The van der Waals surface area contributed by atoms with E-state index >= 15 is 0 Å². The molecule has 0 aromatic heterocycles. The molecule has 1 saturated carbocycles. The Labute approximate surface area is 151 Å². The van der Waals surface area contributed by atoms with Gasteiger partial charge in [0.1, 0.15) is 5.75 Å². The highest BCUT2D eigenvalue weighted by molar-refractivity contribution is 5.81. The highest BCUT2D eigenvalue weighted by Gasteiger charge is 2.34. The van der Waals surface area contributed by atoms with E-state index in [1.54, 1.807) is 0 Å². The first-order valence-corrected chi connectivity index (χ1v) is 8.76. The Morgan fingerprint density at radius 2 is 2.08 bits per heavy atom. The van der Waals surface area contributed by atoms with Gasteiger partial charge < -0.3 is 10.1 Å². The number of nitriles is 1.